The molecule has 0 aliphatic carbocycles. The summed E-state index contributed by atoms with van der Waals surface area (Å²) in [6.07, 6.45) is -2.19. The molecule has 0 bridgehead atoms. The number of alkyl halides is 1. The fourth-order valence-electron chi connectivity index (χ4n) is 0.535. The van der Waals surface area contributed by atoms with E-state index in [1.807, 2.05) is 0 Å². The number of hydrogen-bond donors (Lipinski definition) is 2. The molecule has 70 valence electrons. The van der Waals surface area contributed by atoms with Crippen LogP contribution in [0.2, 0.25) is 0 Å². The van der Waals surface area contributed by atoms with Crippen LogP contribution >= 0.6 is 0 Å². The molecular weight excluding hydrogens is 167 g/mol. The first kappa shape index (κ1) is 10.8. The van der Waals surface area contributed by atoms with E-state index in [-0.39, 0.29) is 6.61 Å². The predicted molar refractivity (Wildman–Crippen MR) is 38.7 cm³/mol. The summed E-state index contributed by atoms with van der Waals surface area (Å²) < 4.78 is 17.0. The summed E-state index contributed by atoms with van der Waals surface area (Å²) in [5.41, 5.74) is 9.57. The van der Waals surface area contributed by atoms with Crippen molar-refractivity contribution in [3.63, 3.8) is 0 Å². The molecular formula is C6H11FN2O3. The summed E-state index contributed by atoms with van der Waals surface area (Å²) in [6.45, 7) is 1.63. The average molecular weight is 178 g/mol. The molecule has 1 unspecified atom stereocenters. The van der Waals surface area contributed by atoms with Crippen LogP contribution < -0.4 is 11.5 Å². The van der Waals surface area contributed by atoms with Gasteiger partial charge in [0.15, 0.2) is 0 Å². The van der Waals surface area contributed by atoms with Gasteiger partial charge in [-0.25, -0.2) is 4.39 Å². The van der Waals surface area contributed by atoms with Gasteiger partial charge in [-0.1, -0.05) is 0 Å². The highest BCUT2D eigenvalue weighted by Crippen LogP contribution is 1.97. The van der Waals surface area contributed by atoms with Crippen LogP contribution in [0.25, 0.3) is 0 Å². The van der Waals surface area contributed by atoms with E-state index in [0.29, 0.717) is 0 Å². The molecule has 6 heteroatoms. The molecule has 0 radical (unpaired) electrons. The number of carbonyl (C=O) groups excluding carboxylic acids is 2. The standard InChI is InChI=1S/C6H11FN2O3/c1-2-12-6(11)4(8)3(7)5(9)10/h3-4H,2,8H2,1H3,(H2,9,10)/t3?,4-/m0/s1. The topological polar surface area (TPSA) is 95.4 Å². The van der Waals surface area contributed by atoms with Gasteiger partial charge in [0.1, 0.15) is 6.04 Å². The van der Waals surface area contributed by atoms with Crippen LogP contribution in [0, 0.1) is 0 Å². The van der Waals surface area contributed by atoms with Gasteiger partial charge in [-0.05, 0) is 6.92 Å². The van der Waals surface area contributed by atoms with Gasteiger partial charge < -0.3 is 16.2 Å². The first-order chi connectivity index (χ1) is 5.50. The molecule has 0 aliphatic heterocycles. The molecule has 4 N–H and O–H groups in total. The van der Waals surface area contributed by atoms with Crippen molar-refractivity contribution in [2.45, 2.75) is 19.1 Å². The van der Waals surface area contributed by atoms with Gasteiger partial charge in [0.25, 0.3) is 5.91 Å². The summed E-state index contributed by atoms with van der Waals surface area (Å²) in [4.78, 5) is 20.9. The maximum Gasteiger partial charge on any atom is 0.326 e. The normalized spacial score (nSPS) is 14.9. The Bertz CT molecular complexity index is 186. The lowest BCUT2D eigenvalue weighted by atomic mass is 10.2. The molecule has 12 heavy (non-hydrogen) atoms. The smallest absolute Gasteiger partial charge is 0.326 e. The third-order valence-corrected chi connectivity index (χ3v) is 1.15. The molecule has 5 nitrogen and oxygen atoms in total. The highest BCUT2D eigenvalue weighted by Gasteiger charge is 2.29. The summed E-state index contributed by atoms with van der Waals surface area (Å²) in [7, 11) is 0. The summed E-state index contributed by atoms with van der Waals surface area (Å²) in [6, 6.07) is -1.62. The van der Waals surface area contributed by atoms with E-state index in [4.69, 9.17) is 5.73 Å². The lowest BCUT2D eigenvalue weighted by Crippen LogP contribution is -2.47. The molecule has 0 saturated heterocycles. The number of amides is 1. The zero-order chi connectivity index (χ0) is 9.72. The van der Waals surface area contributed by atoms with Gasteiger partial charge in [0, 0.05) is 0 Å². The highest BCUT2D eigenvalue weighted by atomic mass is 19.1. The SMILES string of the molecule is CCOC(=O)[C@@H](N)C(F)C(N)=O. The second kappa shape index (κ2) is 4.66. The van der Waals surface area contributed by atoms with Gasteiger partial charge in [-0.15, -0.1) is 0 Å². The predicted octanol–water partition coefficient (Wildman–Crippen LogP) is -1.30. The summed E-state index contributed by atoms with van der Waals surface area (Å²) >= 11 is 0. The van der Waals surface area contributed by atoms with Crippen molar-refractivity contribution >= 4 is 11.9 Å². The zero-order valence-corrected chi connectivity index (χ0v) is 6.62. The Morgan fingerprint density at radius 2 is 2.08 bits per heavy atom. The van der Waals surface area contributed by atoms with E-state index >= 15 is 0 Å². The lowest BCUT2D eigenvalue weighted by molar-refractivity contribution is -0.148. The Labute approximate surface area is 68.8 Å². The van der Waals surface area contributed by atoms with Crippen molar-refractivity contribution in [2.24, 2.45) is 11.5 Å². The number of esters is 1. The van der Waals surface area contributed by atoms with Gasteiger partial charge in [-0.2, -0.15) is 0 Å². The Kier molecular flexibility index (Phi) is 4.20. The van der Waals surface area contributed by atoms with Crippen LogP contribution in [-0.4, -0.2) is 30.7 Å². The highest BCUT2D eigenvalue weighted by molar-refractivity contribution is 5.88. The third kappa shape index (κ3) is 2.83. The minimum absolute atomic E-state index is 0.0814. The van der Waals surface area contributed by atoms with Gasteiger partial charge >= 0.3 is 5.97 Å². The molecule has 0 saturated carbocycles. The molecule has 0 aromatic rings. The monoisotopic (exact) mass is 178 g/mol. The fourth-order valence-corrected chi connectivity index (χ4v) is 0.535. The summed E-state index contributed by atoms with van der Waals surface area (Å²) in [5.74, 6) is -2.24. The third-order valence-electron chi connectivity index (χ3n) is 1.15. The lowest BCUT2D eigenvalue weighted by Gasteiger charge is -2.11. The molecule has 0 rings (SSSR count). The molecule has 0 spiro atoms. The largest absolute Gasteiger partial charge is 0.465 e. The van der Waals surface area contributed by atoms with Crippen molar-refractivity contribution in [3.05, 3.63) is 0 Å². The van der Waals surface area contributed by atoms with Crippen molar-refractivity contribution in [2.75, 3.05) is 6.61 Å². The van der Waals surface area contributed by atoms with Crippen LogP contribution in [0.15, 0.2) is 0 Å². The number of carbonyl (C=O) groups is 2. The van der Waals surface area contributed by atoms with Crippen LogP contribution in [0.4, 0.5) is 4.39 Å². The van der Waals surface area contributed by atoms with E-state index in [0.717, 1.165) is 0 Å². The number of ether oxygens (including phenoxy) is 1. The van der Waals surface area contributed by atoms with Crippen LogP contribution in [-0.2, 0) is 14.3 Å². The number of rotatable bonds is 4. The van der Waals surface area contributed by atoms with Gasteiger partial charge in [0.2, 0.25) is 6.17 Å². The second-order valence-electron chi connectivity index (χ2n) is 2.08. The zero-order valence-electron chi connectivity index (χ0n) is 6.62. The first-order valence-corrected chi connectivity index (χ1v) is 3.36. The van der Waals surface area contributed by atoms with E-state index in [1.165, 1.54) is 0 Å². The Morgan fingerprint density at radius 3 is 2.42 bits per heavy atom. The van der Waals surface area contributed by atoms with Crippen LogP contribution in [0.3, 0.4) is 0 Å². The maximum atomic E-state index is 12.6. The van der Waals surface area contributed by atoms with Gasteiger partial charge in [0.05, 0.1) is 6.61 Å². The molecule has 0 aromatic carbocycles. The number of primary amides is 1. The second-order valence-corrected chi connectivity index (χ2v) is 2.08. The molecule has 0 aliphatic rings. The molecule has 0 heterocycles. The fraction of sp³-hybridized carbons (Fsp3) is 0.667. The van der Waals surface area contributed by atoms with E-state index < -0.39 is 24.1 Å². The van der Waals surface area contributed by atoms with E-state index in [1.54, 1.807) is 6.92 Å². The molecule has 0 aromatic heterocycles. The van der Waals surface area contributed by atoms with Crippen molar-refractivity contribution in [1.29, 1.82) is 0 Å². The number of halogens is 1. The molecule has 1 amide bonds. The quantitative estimate of drug-likeness (QED) is 0.523. The minimum Gasteiger partial charge on any atom is -0.465 e. The minimum atomic E-state index is -2.19. The van der Waals surface area contributed by atoms with Crippen molar-refractivity contribution < 1.29 is 18.7 Å². The Morgan fingerprint density at radius 1 is 1.58 bits per heavy atom. The maximum absolute atomic E-state index is 12.6. The van der Waals surface area contributed by atoms with Crippen molar-refractivity contribution in [1.82, 2.24) is 0 Å². The van der Waals surface area contributed by atoms with E-state index in [9.17, 15) is 14.0 Å². The van der Waals surface area contributed by atoms with Gasteiger partial charge in [-0.3, -0.25) is 9.59 Å². The summed E-state index contributed by atoms with van der Waals surface area (Å²) in [5, 5.41) is 0. The van der Waals surface area contributed by atoms with E-state index in [2.05, 4.69) is 10.5 Å². The van der Waals surface area contributed by atoms with Crippen LogP contribution in [0.1, 0.15) is 6.92 Å². The number of hydrogen-bond acceptors (Lipinski definition) is 4. The Hall–Kier alpha value is -1.17. The molecule has 2 atom stereocenters. The first-order valence-electron chi connectivity index (χ1n) is 3.36. The average Bonchev–Trinajstić information content (AvgIpc) is 2.02. The van der Waals surface area contributed by atoms with Crippen molar-refractivity contribution in [3.8, 4) is 0 Å². The van der Waals surface area contributed by atoms with Crippen LogP contribution in [0.5, 0.6) is 0 Å². The Balaban J connectivity index is 4.09. The molecule has 0 fully saturated rings. The number of nitrogens with two attached hydrogens (primary N) is 2.